The molecule has 1 aromatic heterocycles. The first kappa shape index (κ1) is 16.4. The van der Waals surface area contributed by atoms with Crippen molar-refractivity contribution in [1.82, 2.24) is 0 Å². The maximum Gasteiger partial charge on any atom is 0.339 e. The van der Waals surface area contributed by atoms with Crippen LogP contribution in [0.25, 0.3) is 0 Å². The molecule has 1 atom stereocenters. The molecule has 4 nitrogen and oxygen atoms in total. The smallest absolute Gasteiger partial charge is 0.339 e. The average molecular weight is 441 g/mol. The lowest BCUT2D eigenvalue weighted by atomic mass is 9.88. The second-order valence-electron chi connectivity index (χ2n) is 5.80. The van der Waals surface area contributed by atoms with E-state index in [2.05, 4.69) is 34.8 Å². The molecule has 1 amide bonds. The van der Waals surface area contributed by atoms with E-state index in [0.29, 0.717) is 16.5 Å². The van der Waals surface area contributed by atoms with Crippen LogP contribution >= 0.6 is 33.9 Å². The SMILES string of the molecule is CC1CCc2c(sc(NC(=O)c3ccccc3I)c2C(=O)O)C1. The predicted octanol–water partition coefficient (Wildman–Crippen LogP) is 4.43. The Morgan fingerprint density at radius 3 is 2.78 bits per heavy atom. The molecule has 0 bridgehead atoms. The van der Waals surface area contributed by atoms with Crippen LogP contribution < -0.4 is 5.32 Å². The molecule has 120 valence electrons. The van der Waals surface area contributed by atoms with Crippen molar-refractivity contribution < 1.29 is 14.7 Å². The maximum atomic E-state index is 12.5. The van der Waals surface area contributed by atoms with E-state index in [9.17, 15) is 14.7 Å². The van der Waals surface area contributed by atoms with Crippen molar-refractivity contribution in [2.24, 2.45) is 5.92 Å². The Bertz CT molecular complexity index is 784. The summed E-state index contributed by atoms with van der Waals surface area (Å²) in [6, 6.07) is 7.27. The summed E-state index contributed by atoms with van der Waals surface area (Å²) in [4.78, 5) is 25.3. The molecule has 2 aromatic rings. The second kappa shape index (κ2) is 6.60. The highest BCUT2D eigenvalue weighted by atomic mass is 127. The molecule has 2 N–H and O–H groups in total. The maximum absolute atomic E-state index is 12.5. The summed E-state index contributed by atoms with van der Waals surface area (Å²) in [6.07, 6.45) is 2.65. The Morgan fingerprint density at radius 1 is 1.35 bits per heavy atom. The molecule has 0 fully saturated rings. The van der Waals surface area contributed by atoms with Gasteiger partial charge in [-0.25, -0.2) is 4.79 Å². The van der Waals surface area contributed by atoms with Gasteiger partial charge in [-0.05, 0) is 65.5 Å². The third-order valence-corrected chi connectivity index (χ3v) is 6.18. The van der Waals surface area contributed by atoms with Crippen LogP contribution in [0.15, 0.2) is 24.3 Å². The third kappa shape index (κ3) is 3.28. The molecule has 23 heavy (non-hydrogen) atoms. The van der Waals surface area contributed by atoms with Crippen molar-refractivity contribution in [3.05, 3.63) is 49.4 Å². The Balaban J connectivity index is 1.96. The van der Waals surface area contributed by atoms with Crippen molar-refractivity contribution in [1.29, 1.82) is 0 Å². The fraction of sp³-hybridized carbons (Fsp3) is 0.294. The average Bonchev–Trinajstić information content (AvgIpc) is 2.84. The minimum Gasteiger partial charge on any atom is -0.478 e. The van der Waals surface area contributed by atoms with E-state index >= 15 is 0 Å². The van der Waals surface area contributed by atoms with E-state index in [1.807, 2.05) is 12.1 Å². The molecule has 0 spiro atoms. The van der Waals surface area contributed by atoms with Crippen molar-refractivity contribution in [3.63, 3.8) is 0 Å². The van der Waals surface area contributed by atoms with Gasteiger partial charge >= 0.3 is 5.97 Å². The third-order valence-electron chi connectivity index (χ3n) is 4.07. The Morgan fingerprint density at radius 2 is 2.09 bits per heavy atom. The standard InChI is InChI=1S/C17H16INO3S/c1-9-6-7-11-13(8-9)23-16(14(11)17(21)22)19-15(20)10-4-2-3-5-12(10)18/h2-5,9H,6-8H2,1H3,(H,19,20)(H,21,22). The van der Waals surface area contributed by atoms with E-state index in [-0.39, 0.29) is 11.5 Å². The summed E-state index contributed by atoms with van der Waals surface area (Å²) < 4.78 is 0.842. The van der Waals surface area contributed by atoms with E-state index in [1.54, 1.807) is 12.1 Å². The minimum atomic E-state index is -0.963. The molecule has 0 radical (unpaired) electrons. The first-order chi connectivity index (χ1) is 11.0. The zero-order chi connectivity index (χ0) is 16.6. The number of amides is 1. The minimum absolute atomic E-state index is 0.260. The van der Waals surface area contributed by atoms with Gasteiger partial charge in [0.25, 0.3) is 5.91 Å². The Labute approximate surface area is 152 Å². The van der Waals surface area contributed by atoms with Crippen LogP contribution in [0.5, 0.6) is 0 Å². The van der Waals surface area contributed by atoms with Gasteiger partial charge in [-0.15, -0.1) is 11.3 Å². The molecular weight excluding hydrogens is 425 g/mol. The fourth-order valence-electron chi connectivity index (χ4n) is 2.88. The summed E-state index contributed by atoms with van der Waals surface area (Å²) in [5.74, 6) is -0.666. The summed E-state index contributed by atoms with van der Waals surface area (Å²) in [5, 5.41) is 12.8. The number of anilines is 1. The number of benzene rings is 1. The summed E-state index contributed by atoms with van der Waals surface area (Å²) in [6.45, 7) is 2.17. The lowest BCUT2D eigenvalue weighted by molar-refractivity contribution is 0.0697. The van der Waals surface area contributed by atoms with E-state index in [4.69, 9.17) is 0 Å². The molecule has 1 unspecified atom stereocenters. The van der Waals surface area contributed by atoms with E-state index in [0.717, 1.165) is 33.3 Å². The number of rotatable bonds is 3. The number of carboxylic acid groups (broad SMARTS) is 1. The van der Waals surface area contributed by atoms with E-state index < -0.39 is 5.97 Å². The molecular formula is C17H16INO3S. The topological polar surface area (TPSA) is 66.4 Å². The van der Waals surface area contributed by atoms with Gasteiger partial charge < -0.3 is 10.4 Å². The number of fused-ring (bicyclic) bond motifs is 1. The Hall–Kier alpha value is -1.41. The van der Waals surface area contributed by atoms with Crippen LogP contribution in [0.4, 0.5) is 5.00 Å². The molecule has 6 heteroatoms. The van der Waals surface area contributed by atoms with E-state index in [1.165, 1.54) is 11.3 Å². The number of aromatic carboxylic acids is 1. The highest BCUT2D eigenvalue weighted by Crippen LogP contribution is 2.39. The van der Waals surface area contributed by atoms with Gasteiger partial charge in [0.05, 0.1) is 11.1 Å². The highest BCUT2D eigenvalue weighted by molar-refractivity contribution is 14.1. The lowest BCUT2D eigenvalue weighted by Gasteiger charge is -2.17. The number of hydrogen-bond donors (Lipinski definition) is 2. The number of carbonyl (C=O) groups is 2. The van der Waals surface area contributed by atoms with Gasteiger partial charge in [0.2, 0.25) is 0 Å². The van der Waals surface area contributed by atoms with Crippen LogP contribution in [-0.4, -0.2) is 17.0 Å². The fourth-order valence-corrected chi connectivity index (χ4v) is 4.91. The first-order valence-electron chi connectivity index (χ1n) is 7.41. The highest BCUT2D eigenvalue weighted by Gasteiger charge is 2.28. The van der Waals surface area contributed by atoms with Gasteiger partial charge in [-0.3, -0.25) is 4.79 Å². The van der Waals surface area contributed by atoms with Gasteiger partial charge in [-0.2, -0.15) is 0 Å². The Kier molecular flexibility index (Phi) is 4.72. The number of carbonyl (C=O) groups excluding carboxylic acids is 1. The van der Waals surface area contributed by atoms with Gasteiger partial charge in [0.1, 0.15) is 5.00 Å². The normalized spacial score (nSPS) is 16.7. The summed E-state index contributed by atoms with van der Waals surface area (Å²) in [7, 11) is 0. The number of halogens is 1. The number of thiophene rings is 1. The largest absolute Gasteiger partial charge is 0.478 e. The lowest BCUT2D eigenvalue weighted by Crippen LogP contribution is -2.15. The van der Waals surface area contributed by atoms with Crippen LogP contribution in [0.3, 0.4) is 0 Å². The van der Waals surface area contributed by atoms with Crippen LogP contribution in [-0.2, 0) is 12.8 Å². The van der Waals surface area contributed by atoms with Crippen molar-refractivity contribution in [3.8, 4) is 0 Å². The van der Waals surface area contributed by atoms with Crippen molar-refractivity contribution >= 4 is 50.8 Å². The predicted molar refractivity (Wildman–Crippen MR) is 99.6 cm³/mol. The monoisotopic (exact) mass is 441 g/mol. The summed E-state index contributed by atoms with van der Waals surface area (Å²) in [5.41, 5.74) is 1.74. The van der Waals surface area contributed by atoms with Crippen LogP contribution in [0, 0.1) is 9.49 Å². The van der Waals surface area contributed by atoms with Gasteiger partial charge in [0.15, 0.2) is 0 Å². The second-order valence-corrected chi connectivity index (χ2v) is 8.06. The molecule has 0 saturated carbocycles. The molecule has 0 saturated heterocycles. The zero-order valence-corrected chi connectivity index (χ0v) is 15.5. The molecule has 1 aromatic carbocycles. The van der Waals surface area contributed by atoms with Crippen molar-refractivity contribution in [2.45, 2.75) is 26.2 Å². The van der Waals surface area contributed by atoms with Crippen LogP contribution in [0.2, 0.25) is 0 Å². The molecule has 1 aliphatic carbocycles. The van der Waals surface area contributed by atoms with Gasteiger partial charge in [0, 0.05) is 8.45 Å². The zero-order valence-electron chi connectivity index (χ0n) is 12.6. The molecule has 1 aliphatic rings. The molecule has 0 aliphatic heterocycles. The first-order valence-corrected chi connectivity index (χ1v) is 9.30. The molecule has 3 rings (SSSR count). The number of carboxylic acids is 1. The summed E-state index contributed by atoms with van der Waals surface area (Å²) >= 11 is 3.51. The molecule has 1 heterocycles. The quantitative estimate of drug-likeness (QED) is 0.693. The number of nitrogens with one attached hydrogen (secondary N) is 1. The van der Waals surface area contributed by atoms with Crippen molar-refractivity contribution in [2.75, 3.05) is 5.32 Å². The number of hydrogen-bond acceptors (Lipinski definition) is 3. The van der Waals surface area contributed by atoms with Gasteiger partial charge in [-0.1, -0.05) is 19.1 Å². The van der Waals surface area contributed by atoms with Crippen LogP contribution in [0.1, 0.15) is 44.5 Å².